The number of ether oxygens (including phenoxy) is 2. The van der Waals surface area contributed by atoms with Gasteiger partial charge in [0.2, 0.25) is 0 Å². The van der Waals surface area contributed by atoms with E-state index in [0.29, 0.717) is 6.61 Å². The molecule has 0 bridgehead atoms. The van der Waals surface area contributed by atoms with Crippen LogP contribution in [0.25, 0.3) is 0 Å². The highest BCUT2D eigenvalue weighted by atomic mass is 16.5. The summed E-state index contributed by atoms with van der Waals surface area (Å²) in [7, 11) is 0. The van der Waals surface area contributed by atoms with E-state index in [2.05, 4.69) is 13.8 Å². The fourth-order valence-electron chi connectivity index (χ4n) is 3.25. The van der Waals surface area contributed by atoms with Crippen molar-refractivity contribution in [2.45, 2.75) is 136 Å². The first kappa shape index (κ1) is 26.9. The molecule has 0 spiro atoms. The minimum atomic E-state index is -0.296. The molecule has 0 saturated carbocycles. The lowest BCUT2D eigenvalue weighted by molar-refractivity contribution is -0.153. The second-order valence-corrected chi connectivity index (χ2v) is 8.05. The van der Waals surface area contributed by atoms with Crippen molar-refractivity contribution in [3.05, 3.63) is 0 Å². The normalized spacial score (nSPS) is 12.0. The van der Waals surface area contributed by atoms with Crippen molar-refractivity contribution < 1.29 is 19.1 Å². The van der Waals surface area contributed by atoms with E-state index in [9.17, 15) is 9.59 Å². The lowest BCUT2D eigenvalue weighted by Gasteiger charge is -2.12. The lowest BCUT2D eigenvalue weighted by Crippen LogP contribution is -2.16. The molecule has 0 saturated heterocycles. The van der Waals surface area contributed by atoms with Crippen LogP contribution in [-0.2, 0) is 19.1 Å². The topological polar surface area (TPSA) is 52.6 Å². The Morgan fingerprint density at radius 3 is 1.68 bits per heavy atom. The highest BCUT2D eigenvalue weighted by Crippen LogP contribution is 2.11. The third-order valence-corrected chi connectivity index (χ3v) is 5.09. The summed E-state index contributed by atoms with van der Waals surface area (Å²) >= 11 is 0. The van der Waals surface area contributed by atoms with E-state index in [1.165, 1.54) is 57.8 Å². The maximum Gasteiger partial charge on any atom is 0.306 e. The highest BCUT2D eigenvalue weighted by Gasteiger charge is 2.12. The van der Waals surface area contributed by atoms with Crippen molar-refractivity contribution in [1.29, 1.82) is 0 Å². The molecule has 0 rings (SSSR count). The van der Waals surface area contributed by atoms with Gasteiger partial charge >= 0.3 is 11.9 Å². The van der Waals surface area contributed by atoms with Gasteiger partial charge in [-0.2, -0.15) is 0 Å². The predicted octanol–water partition coefficient (Wildman–Crippen LogP) is 7.13. The molecule has 28 heavy (non-hydrogen) atoms. The molecule has 0 N–H and O–H groups in total. The van der Waals surface area contributed by atoms with Crippen LogP contribution in [0, 0.1) is 0 Å². The van der Waals surface area contributed by atoms with Gasteiger partial charge in [-0.05, 0) is 26.2 Å². The van der Waals surface area contributed by atoms with Crippen LogP contribution in [0.3, 0.4) is 0 Å². The molecule has 4 nitrogen and oxygen atoms in total. The second-order valence-electron chi connectivity index (χ2n) is 8.05. The van der Waals surface area contributed by atoms with Crippen LogP contribution in [0.4, 0.5) is 0 Å². The summed E-state index contributed by atoms with van der Waals surface area (Å²) < 4.78 is 10.5. The monoisotopic (exact) mass is 398 g/mol. The van der Waals surface area contributed by atoms with E-state index in [0.717, 1.165) is 38.5 Å². The first-order chi connectivity index (χ1) is 13.6. The van der Waals surface area contributed by atoms with Crippen LogP contribution in [0.1, 0.15) is 130 Å². The molecule has 0 aliphatic rings. The van der Waals surface area contributed by atoms with Gasteiger partial charge in [0.15, 0.2) is 0 Å². The zero-order chi connectivity index (χ0) is 20.9. The number of esters is 2. The number of hydrogen-bond donors (Lipinski definition) is 0. The summed E-state index contributed by atoms with van der Waals surface area (Å²) in [6.07, 6.45) is 18.5. The Labute approximate surface area is 174 Å². The van der Waals surface area contributed by atoms with E-state index in [1.54, 1.807) is 0 Å². The van der Waals surface area contributed by atoms with Crippen LogP contribution in [0.15, 0.2) is 0 Å². The largest absolute Gasteiger partial charge is 0.466 e. The Hall–Kier alpha value is -1.06. The number of hydrogen-bond acceptors (Lipinski definition) is 4. The maximum atomic E-state index is 11.7. The molecule has 0 aromatic rings. The smallest absolute Gasteiger partial charge is 0.306 e. The van der Waals surface area contributed by atoms with Crippen LogP contribution < -0.4 is 0 Å². The SMILES string of the molecule is CCCCCCCCCCCCCOC(=O)CCC(=O)OC(C)CCCCC. The Morgan fingerprint density at radius 2 is 1.11 bits per heavy atom. The van der Waals surface area contributed by atoms with Crippen LogP contribution in [0.2, 0.25) is 0 Å². The fraction of sp³-hybridized carbons (Fsp3) is 0.917. The van der Waals surface area contributed by atoms with E-state index in [4.69, 9.17) is 9.47 Å². The Morgan fingerprint density at radius 1 is 0.643 bits per heavy atom. The highest BCUT2D eigenvalue weighted by molar-refractivity contribution is 5.77. The fourth-order valence-corrected chi connectivity index (χ4v) is 3.25. The molecule has 0 fully saturated rings. The van der Waals surface area contributed by atoms with Crippen molar-refractivity contribution >= 4 is 11.9 Å². The predicted molar refractivity (Wildman–Crippen MR) is 116 cm³/mol. The molecule has 0 aromatic heterocycles. The molecule has 0 amide bonds. The first-order valence-electron chi connectivity index (χ1n) is 11.9. The van der Waals surface area contributed by atoms with Crippen molar-refractivity contribution in [2.75, 3.05) is 6.61 Å². The first-order valence-corrected chi connectivity index (χ1v) is 11.9. The molecule has 4 heteroatoms. The van der Waals surface area contributed by atoms with Gasteiger partial charge in [0, 0.05) is 0 Å². The summed E-state index contributed by atoms with van der Waals surface area (Å²) in [5.41, 5.74) is 0. The molecule has 166 valence electrons. The quantitative estimate of drug-likeness (QED) is 0.162. The van der Waals surface area contributed by atoms with Crippen LogP contribution in [0.5, 0.6) is 0 Å². The maximum absolute atomic E-state index is 11.7. The second kappa shape index (κ2) is 20.7. The van der Waals surface area contributed by atoms with Crippen molar-refractivity contribution in [3.8, 4) is 0 Å². The van der Waals surface area contributed by atoms with Gasteiger partial charge in [-0.25, -0.2) is 0 Å². The summed E-state index contributed by atoms with van der Waals surface area (Å²) in [5, 5.41) is 0. The number of unbranched alkanes of at least 4 members (excludes halogenated alkanes) is 12. The molecular weight excluding hydrogens is 352 g/mol. The molecule has 0 aliphatic heterocycles. The van der Waals surface area contributed by atoms with Crippen LogP contribution >= 0.6 is 0 Å². The van der Waals surface area contributed by atoms with Gasteiger partial charge in [-0.3, -0.25) is 9.59 Å². The minimum Gasteiger partial charge on any atom is -0.466 e. The van der Waals surface area contributed by atoms with E-state index in [-0.39, 0.29) is 30.9 Å². The molecule has 0 heterocycles. The molecular formula is C24H46O4. The van der Waals surface area contributed by atoms with Crippen molar-refractivity contribution in [2.24, 2.45) is 0 Å². The van der Waals surface area contributed by atoms with Gasteiger partial charge in [-0.15, -0.1) is 0 Å². The Kier molecular flexibility index (Phi) is 19.9. The van der Waals surface area contributed by atoms with E-state index >= 15 is 0 Å². The zero-order valence-corrected chi connectivity index (χ0v) is 18.9. The van der Waals surface area contributed by atoms with Gasteiger partial charge in [0.05, 0.1) is 25.6 Å². The number of rotatable bonds is 20. The third kappa shape index (κ3) is 19.7. The van der Waals surface area contributed by atoms with E-state index < -0.39 is 0 Å². The number of carbonyl (C=O) groups is 2. The summed E-state index contributed by atoms with van der Waals surface area (Å²) in [5.74, 6) is -0.585. The lowest BCUT2D eigenvalue weighted by atomic mass is 10.1. The van der Waals surface area contributed by atoms with Gasteiger partial charge in [0.1, 0.15) is 0 Å². The zero-order valence-electron chi connectivity index (χ0n) is 18.9. The Bertz CT molecular complexity index is 368. The average Bonchev–Trinajstić information content (AvgIpc) is 2.67. The van der Waals surface area contributed by atoms with Gasteiger partial charge in [-0.1, -0.05) is 90.9 Å². The van der Waals surface area contributed by atoms with Crippen molar-refractivity contribution in [1.82, 2.24) is 0 Å². The summed E-state index contributed by atoms with van der Waals surface area (Å²) in [6.45, 7) is 6.79. The van der Waals surface area contributed by atoms with Gasteiger partial charge in [0.25, 0.3) is 0 Å². The third-order valence-electron chi connectivity index (χ3n) is 5.09. The molecule has 1 unspecified atom stereocenters. The molecule has 0 radical (unpaired) electrons. The summed E-state index contributed by atoms with van der Waals surface area (Å²) in [4.78, 5) is 23.4. The number of carbonyl (C=O) groups excluding carboxylic acids is 2. The average molecular weight is 399 g/mol. The molecule has 0 aromatic carbocycles. The molecule has 1 atom stereocenters. The Balaban J connectivity index is 3.40. The van der Waals surface area contributed by atoms with Crippen molar-refractivity contribution in [3.63, 3.8) is 0 Å². The van der Waals surface area contributed by atoms with E-state index in [1.807, 2.05) is 6.92 Å². The van der Waals surface area contributed by atoms with Crippen LogP contribution in [-0.4, -0.2) is 24.6 Å². The summed E-state index contributed by atoms with van der Waals surface area (Å²) in [6, 6.07) is 0. The van der Waals surface area contributed by atoms with Gasteiger partial charge < -0.3 is 9.47 Å². The molecule has 0 aliphatic carbocycles. The standard InChI is InChI=1S/C24H46O4/c1-4-6-8-9-10-11-12-13-14-15-17-21-27-23(25)19-20-24(26)28-22(3)18-16-7-5-2/h22H,4-21H2,1-3H3. The minimum absolute atomic E-state index is 0.0635.